The van der Waals surface area contributed by atoms with Crippen LogP contribution in [0.25, 0.3) is 0 Å². The Bertz CT molecular complexity index is 833. The summed E-state index contributed by atoms with van der Waals surface area (Å²) in [6.45, 7) is 3.55. The van der Waals surface area contributed by atoms with E-state index in [1.54, 1.807) is 31.4 Å². The molecule has 31 heavy (non-hydrogen) atoms. The number of hydrogen-bond acceptors (Lipinski definition) is 11. The number of carbonyl (C=O) groups excluding carboxylic acids is 1. The number of nitrogens with one attached hydrogen (secondary N) is 2. The molecule has 4 N–H and O–H groups in total. The smallest absolute Gasteiger partial charge is 0.328 e. The van der Waals surface area contributed by atoms with Gasteiger partial charge in [0.2, 0.25) is 11.9 Å². The van der Waals surface area contributed by atoms with Crippen LogP contribution in [-0.4, -0.2) is 70.7 Å². The number of aliphatic hydroxyl groups excluding tert-OH is 2. The third-order valence-electron chi connectivity index (χ3n) is 4.09. The highest BCUT2D eigenvalue weighted by Gasteiger charge is 2.22. The van der Waals surface area contributed by atoms with Gasteiger partial charge in [-0.3, -0.25) is 0 Å². The monoisotopic (exact) mass is 435 g/mol. The second-order valence-electron chi connectivity index (χ2n) is 7.11. The van der Waals surface area contributed by atoms with Crippen LogP contribution in [0.1, 0.15) is 20.3 Å². The summed E-state index contributed by atoms with van der Waals surface area (Å²) in [5.41, 5.74) is 0. The normalized spacial score (nSPS) is 12.7. The Morgan fingerprint density at radius 3 is 2.29 bits per heavy atom. The molecule has 170 valence electrons. The van der Waals surface area contributed by atoms with Crippen molar-refractivity contribution in [3.8, 4) is 17.5 Å². The molecule has 1 heterocycles. The minimum absolute atomic E-state index is 0.00829. The largest absolute Gasteiger partial charge is 0.497 e. The molecule has 0 amide bonds. The zero-order valence-electron chi connectivity index (χ0n) is 18.0. The van der Waals surface area contributed by atoms with Crippen molar-refractivity contribution in [3.63, 3.8) is 0 Å². The lowest BCUT2D eigenvalue weighted by atomic mass is 10.0. The molecule has 0 bridgehead atoms. The Labute approximate surface area is 180 Å². The molecule has 0 spiro atoms. The Kier molecular flexibility index (Phi) is 9.22. The van der Waals surface area contributed by atoms with E-state index < -0.39 is 24.7 Å². The van der Waals surface area contributed by atoms with Crippen LogP contribution in [0.2, 0.25) is 0 Å². The number of rotatable bonds is 12. The van der Waals surface area contributed by atoms with Gasteiger partial charge in [0.15, 0.2) is 0 Å². The van der Waals surface area contributed by atoms with Crippen molar-refractivity contribution in [1.29, 1.82) is 0 Å². The Balaban J connectivity index is 2.29. The number of esters is 1. The Hall–Kier alpha value is -3.18. The summed E-state index contributed by atoms with van der Waals surface area (Å²) < 4.78 is 15.7. The molecule has 1 aromatic heterocycles. The average molecular weight is 435 g/mol. The molecule has 1 aromatic carbocycles. The number of hydrogen-bond donors (Lipinski definition) is 4. The number of nitrogens with zero attached hydrogens (tertiary/aromatic N) is 3. The average Bonchev–Trinajstić information content (AvgIpc) is 2.76. The highest BCUT2D eigenvalue weighted by molar-refractivity contribution is 5.78. The molecule has 0 aliphatic carbocycles. The number of aliphatic hydroxyl groups is 2. The van der Waals surface area contributed by atoms with Gasteiger partial charge in [0, 0.05) is 6.54 Å². The zero-order chi connectivity index (χ0) is 22.8. The van der Waals surface area contributed by atoms with E-state index in [4.69, 9.17) is 19.3 Å². The van der Waals surface area contributed by atoms with Gasteiger partial charge < -0.3 is 35.1 Å². The molecule has 2 atom stereocenters. The van der Waals surface area contributed by atoms with Gasteiger partial charge >= 0.3 is 12.0 Å². The van der Waals surface area contributed by atoms with Crippen LogP contribution in [0.4, 0.5) is 11.9 Å². The summed E-state index contributed by atoms with van der Waals surface area (Å²) in [7, 11) is 2.87. The summed E-state index contributed by atoms with van der Waals surface area (Å²) in [5, 5.41) is 24.4. The minimum Gasteiger partial charge on any atom is -0.497 e. The van der Waals surface area contributed by atoms with Crippen LogP contribution in [0, 0.1) is 5.92 Å². The maximum atomic E-state index is 12.2. The summed E-state index contributed by atoms with van der Waals surface area (Å²) in [6, 6.07) is 6.13. The molecule has 0 aliphatic rings. The van der Waals surface area contributed by atoms with Crippen molar-refractivity contribution >= 4 is 17.9 Å². The molecule has 0 radical (unpaired) electrons. The molecule has 0 aliphatic heterocycles. The molecular formula is C20H29N5O6. The summed E-state index contributed by atoms with van der Waals surface area (Å²) in [6.07, 6.45) is -0.498. The van der Waals surface area contributed by atoms with E-state index in [0.29, 0.717) is 17.9 Å². The van der Waals surface area contributed by atoms with Crippen molar-refractivity contribution in [2.45, 2.75) is 32.4 Å². The van der Waals surface area contributed by atoms with Gasteiger partial charge in [-0.15, -0.1) is 0 Å². The fourth-order valence-corrected chi connectivity index (χ4v) is 2.55. The lowest BCUT2D eigenvalue weighted by molar-refractivity contribution is -0.141. The predicted molar refractivity (Wildman–Crippen MR) is 113 cm³/mol. The first kappa shape index (κ1) is 24.1. The van der Waals surface area contributed by atoms with Gasteiger partial charge in [0.05, 0.1) is 26.9 Å². The molecule has 0 saturated carbocycles. The standard InChI is InChI=1S/C20H29N5O6/c1-12(2)9-16(17(28)30-4)22-19-23-18(21-10-13(27)11-26)24-20(25-19)31-15-7-5-14(29-3)6-8-15/h5-8,12-13,16,26-27H,9-11H2,1-4H3,(H2,21,22,23,24,25)/t13?,16-/m0/s1. The highest BCUT2D eigenvalue weighted by atomic mass is 16.5. The van der Waals surface area contributed by atoms with E-state index >= 15 is 0 Å². The van der Waals surface area contributed by atoms with Crippen LogP contribution >= 0.6 is 0 Å². The molecule has 2 rings (SSSR count). The molecule has 11 heteroatoms. The molecule has 0 fully saturated rings. The van der Waals surface area contributed by atoms with E-state index in [1.807, 2.05) is 13.8 Å². The van der Waals surface area contributed by atoms with Gasteiger partial charge in [-0.25, -0.2) is 4.79 Å². The Morgan fingerprint density at radius 1 is 1.06 bits per heavy atom. The Morgan fingerprint density at radius 2 is 1.71 bits per heavy atom. The lowest BCUT2D eigenvalue weighted by Gasteiger charge is -2.19. The SMILES string of the molecule is COC(=O)[C@H](CC(C)C)Nc1nc(NCC(O)CO)nc(Oc2ccc(OC)cc2)n1. The third kappa shape index (κ3) is 7.87. The maximum absolute atomic E-state index is 12.2. The third-order valence-corrected chi connectivity index (χ3v) is 4.09. The van der Waals surface area contributed by atoms with E-state index in [-0.39, 0.29) is 30.4 Å². The van der Waals surface area contributed by atoms with Gasteiger partial charge in [-0.2, -0.15) is 15.0 Å². The summed E-state index contributed by atoms with van der Waals surface area (Å²) in [4.78, 5) is 24.8. The minimum atomic E-state index is -0.997. The summed E-state index contributed by atoms with van der Waals surface area (Å²) >= 11 is 0. The first-order valence-electron chi connectivity index (χ1n) is 9.79. The van der Waals surface area contributed by atoms with Crippen LogP contribution in [-0.2, 0) is 9.53 Å². The summed E-state index contributed by atoms with van der Waals surface area (Å²) in [5.74, 6) is 1.09. The number of ether oxygens (including phenoxy) is 3. The van der Waals surface area contributed by atoms with Crippen LogP contribution < -0.4 is 20.1 Å². The van der Waals surface area contributed by atoms with Crippen molar-refractivity contribution in [3.05, 3.63) is 24.3 Å². The quantitative estimate of drug-likeness (QED) is 0.359. The highest BCUT2D eigenvalue weighted by Crippen LogP contribution is 2.23. The molecular weight excluding hydrogens is 406 g/mol. The van der Waals surface area contributed by atoms with Gasteiger partial charge in [0.1, 0.15) is 17.5 Å². The van der Waals surface area contributed by atoms with Crippen LogP contribution in [0.15, 0.2) is 24.3 Å². The van der Waals surface area contributed by atoms with Gasteiger partial charge in [0.25, 0.3) is 0 Å². The van der Waals surface area contributed by atoms with Crippen molar-refractivity contribution in [1.82, 2.24) is 15.0 Å². The van der Waals surface area contributed by atoms with E-state index in [1.165, 1.54) is 7.11 Å². The number of anilines is 2. The topological polar surface area (TPSA) is 148 Å². The van der Waals surface area contributed by atoms with Crippen molar-refractivity contribution in [2.75, 3.05) is 38.0 Å². The number of methoxy groups -OCH3 is 2. The molecule has 0 saturated heterocycles. The molecule has 11 nitrogen and oxygen atoms in total. The second kappa shape index (κ2) is 11.9. The first-order valence-corrected chi connectivity index (χ1v) is 9.79. The lowest BCUT2D eigenvalue weighted by Crippen LogP contribution is -2.33. The number of carbonyl (C=O) groups is 1. The zero-order valence-corrected chi connectivity index (χ0v) is 18.0. The maximum Gasteiger partial charge on any atom is 0.328 e. The second-order valence-corrected chi connectivity index (χ2v) is 7.11. The van der Waals surface area contributed by atoms with Crippen LogP contribution in [0.5, 0.6) is 17.5 Å². The van der Waals surface area contributed by atoms with E-state index in [0.717, 1.165) is 0 Å². The first-order chi connectivity index (χ1) is 14.8. The van der Waals surface area contributed by atoms with Crippen LogP contribution in [0.3, 0.4) is 0 Å². The molecule has 2 aromatic rings. The molecule has 1 unspecified atom stereocenters. The van der Waals surface area contributed by atoms with Gasteiger partial charge in [-0.05, 0) is 36.6 Å². The fraction of sp³-hybridized carbons (Fsp3) is 0.500. The van der Waals surface area contributed by atoms with E-state index in [9.17, 15) is 9.90 Å². The number of benzene rings is 1. The van der Waals surface area contributed by atoms with Crippen molar-refractivity contribution in [2.24, 2.45) is 5.92 Å². The van der Waals surface area contributed by atoms with E-state index in [2.05, 4.69) is 25.6 Å². The number of aromatic nitrogens is 3. The fourth-order valence-electron chi connectivity index (χ4n) is 2.55. The van der Waals surface area contributed by atoms with Crippen molar-refractivity contribution < 1.29 is 29.2 Å². The van der Waals surface area contributed by atoms with Gasteiger partial charge in [-0.1, -0.05) is 13.8 Å². The predicted octanol–water partition coefficient (Wildman–Crippen LogP) is 1.44.